The summed E-state index contributed by atoms with van der Waals surface area (Å²) in [6.45, 7) is 0. The average molecular weight is 285 g/mol. The molecule has 7 heteroatoms. The molecule has 0 atom stereocenters. The molecular formula is C11H15N3O2S2. The Bertz CT molecular complexity index is 543. The summed E-state index contributed by atoms with van der Waals surface area (Å²) >= 11 is 4.86. The van der Waals surface area contributed by atoms with Crippen LogP contribution in [0, 0.1) is 0 Å². The molecule has 0 aliphatic carbocycles. The lowest BCUT2D eigenvalue weighted by Crippen LogP contribution is -2.32. The second-order valence-electron chi connectivity index (χ2n) is 4.36. The maximum Gasteiger partial charge on any atom is 0.150 e. The van der Waals surface area contributed by atoms with Crippen molar-refractivity contribution in [2.45, 2.75) is 18.9 Å². The van der Waals surface area contributed by atoms with Crippen molar-refractivity contribution in [3.8, 4) is 0 Å². The van der Waals surface area contributed by atoms with Gasteiger partial charge in [-0.1, -0.05) is 12.2 Å². The van der Waals surface area contributed by atoms with Crippen molar-refractivity contribution in [3.63, 3.8) is 0 Å². The van der Waals surface area contributed by atoms with Gasteiger partial charge < -0.3 is 11.1 Å². The number of nitrogens with one attached hydrogen (secondary N) is 1. The van der Waals surface area contributed by atoms with E-state index in [9.17, 15) is 8.42 Å². The van der Waals surface area contributed by atoms with Crippen molar-refractivity contribution in [2.24, 2.45) is 5.73 Å². The van der Waals surface area contributed by atoms with E-state index in [1.807, 2.05) is 6.07 Å². The summed E-state index contributed by atoms with van der Waals surface area (Å²) in [5.41, 5.74) is 6.95. The lowest BCUT2D eigenvalue weighted by atomic mass is 10.1. The van der Waals surface area contributed by atoms with Crippen LogP contribution in [0.1, 0.15) is 18.5 Å². The first-order chi connectivity index (χ1) is 8.46. The van der Waals surface area contributed by atoms with Gasteiger partial charge >= 0.3 is 0 Å². The maximum absolute atomic E-state index is 11.3. The quantitative estimate of drug-likeness (QED) is 0.795. The molecule has 1 aromatic heterocycles. The van der Waals surface area contributed by atoms with Gasteiger partial charge in [-0.3, -0.25) is 4.98 Å². The molecule has 0 aromatic carbocycles. The van der Waals surface area contributed by atoms with E-state index in [2.05, 4.69) is 10.3 Å². The van der Waals surface area contributed by atoms with E-state index in [-0.39, 0.29) is 22.5 Å². The van der Waals surface area contributed by atoms with Crippen LogP contribution >= 0.6 is 12.2 Å². The Morgan fingerprint density at radius 2 is 2.11 bits per heavy atom. The highest BCUT2D eigenvalue weighted by molar-refractivity contribution is 7.91. The average Bonchev–Trinajstić information content (AvgIpc) is 2.32. The van der Waals surface area contributed by atoms with Crippen molar-refractivity contribution < 1.29 is 8.42 Å². The third-order valence-electron chi connectivity index (χ3n) is 2.94. The number of sulfone groups is 1. The van der Waals surface area contributed by atoms with Gasteiger partial charge in [-0.25, -0.2) is 8.42 Å². The van der Waals surface area contributed by atoms with Crippen LogP contribution in [0.4, 0.5) is 5.69 Å². The lowest BCUT2D eigenvalue weighted by Gasteiger charge is -2.24. The molecule has 0 spiro atoms. The molecule has 5 nitrogen and oxygen atoms in total. The Morgan fingerprint density at radius 1 is 1.44 bits per heavy atom. The van der Waals surface area contributed by atoms with Crippen LogP contribution in [0.25, 0.3) is 0 Å². The van der Waals surface area contributed by atoms with Crippen LogP contribution in [0.2, 0.25) is 0 Å². The monoisotopic (exact) mass is 285 g/mol. The standard InChI is InChI=1S/C11H15N3O2S2/c12-11(17)10-7-9(1-4-13-10)14-8-2-5-18(15,16)6-3-8/h1,4,7-8H,2-3,5-6H2,(H2,12,17)(H,13,14). The fourth-order valence-corrected chi connectivity index (χ4v) is 3.53. The van der Waals surface area contributed by atoms with E-state index < -0.39 is 9.84 Å². The predicted molar refractivity (Wildman–Crippen MR) is 75.4 cm³/mol. The number of pyridine rings is 1. The number of hydrogen-bond donors (Lipinski definition) is 2. The van der Waals surface area contributed by atoms with Gasteiger partial charge in [0.15, 0.2) is 0 Å². The van der Waals surface area contributed by atoms with Gasteiger partial charge in [-0.05, 0) is 25.0 Å². The molecule has 0 radical (unpaired) electrons. The number of thiocarbonyl (C=S) groups is 1. The molecule has 1 saturated heterocycles. The minimum Gasteiger partial charge on any atom is -0.388 e. The van der Waals surface area contributed by atoms with Crippen molar-refractivity contribution in [1.29, 1.82) is 0 Å². The van der Waals surface area contributed by atoms with Crippen LogP contribution in [-0.4, -0.2) is 35.9 Å². The van der Waals surface area contributed by atoms with Crippen LogP contribution in [0.3, 0.4) is 0 Å². The van der Waals surface area contributed by atoms with Crippen molar-refractivity contribution in [3.05, 3.63) is 24.0 Å². The maximum atomic E-state index is 11.3. The molecule has 0 amide bonds. The minimum atomic E-state index is -2.82. The first-order valence-corrected chi connectivity index (χ1v) is 7.92. The van der Waals surface area contributed by atoms with Crippen molar-refractivity contribution in [2.75, 3.05) is 16.8 Å². The third-order valence-corrected chi connectivity index (χ3v) is 4.86. The number of nitrogens with zero attached hydrogens (tertiary/aromatic N) is 1. The van der Waals surface area contributed by atoms with Crippen molar-refractivity contribution in [1.82, 2.24) is 4.98 Å². The molecule has 18 heavy (non-hydrogen) atoms. The number of nitrogens with two attached hydrogens (primary N) is 1. The van der Waals surface area contributed by atoms with E-state index >= 15 is 0 Å². The summed E-state index contributed by atoms with van der Waals surface area (Å²) in [6.07, 6.45) is 2.90. The van der Waals surface area contributed by atoms with E-state index in [0.717, 1.165) is 5.69 Å². The fraction of sp³-hybridized carbons (Fsp3) is 0.455. The first kappa shape index (κ1) is 13.2. The van der Waals surface area contributed by atoms with Crippen LogP contribution in [0.5, 0.6) is 0 Å². The molecule has 1 aliphatic rings. The number of rotatable bonds is 3. The zero-order valence-corrected chi connectivity index (χ0v) is 11.4. The Hall–Kier alpha value is -1.21. The van der Waals surface area contributed by atoms with Crippen LogP contribution in [-0.2, 0) is 9.84 Å². The molecule has 0 saturated carbocycles. The Kier molecular flexibility index (Phi) is 3.82. The van der Waals surface area contributed by atoms with Crippen LogP contribution < -0.4 is 11.1 Å². The molecule has 1 aromatic rings. The lowest BCUT2D eigenvalue weighted by molar-refractivity contribution is 0.559. The largest absolute Gasteiger partial charge is 0.388 e. The molecule has 2 rings (SSSR count). The summed E-state index contributed by atoms with van der Waals surface area (Å²) in [4.78, 5) is 4.31. The third kappa shape index (κ3) is 3.39. The second-order valence-corrected chi connectivity index (χ2v) is 7.11. The highest BCUT2D eigenvalue weighted by Gasteiger charge is 2.23. The summed E-state index contributed by atoms with van der Waals surface area (Å²) in [5, 5.41) is 3.29. The van der Waals surface area contributed by atoms with Gasteiger partial charge in [0.2, 0.25) is 0 Å². The van der Waals surface area contributed by atoms with Gasteiger partial charge in [0.1, 0.15) is 14.8 Å². The molecule has 2 heterocycles. The highest BCUT2D eigenvalue weighted by atomic mass is 32.2. The predicted octanol–water partition coefficient (Wildman–Crippen LogP) is 0.705. The molecule has 0 unspecified atom stereocenters. The number of anilines is 1. The molecule has 3 N–H and O–H groups in total. The number of hydrogen-bond acceptors (Lipinski definition) is 5. The zero-order valence-electron chi connectivity index (χ0n) is 9.80. The molecule has 98 valence electrons. The Balaban J connectivity index is 2.02. The van der Waals surface area contributed by atoms with Gasteiger partial charge in [0.25, 0.3) is 0 Å². The fourth-order valence-electron chi connectivity index (χ4n) is 1.93. The van der Waals surface area contributed by atoms with E-state index in [0.29, 0.717) is 18.5 Å². The minimum absolute atomic E-state index is 0.176. The summed E-state index contributed by atoms with van der Waals surface area (Å²) in [5.74, 6) is 0.496. The number of aromatic nitrogens is 1. The Morgan fingerprint density at radius 3 is 2.72 bits per heavy atom. The Labute approximate surface area is 112 Å². The smallest absolute Gasteiger partial charge is 0.150 e. The highest BCUT2D eigenvalue weighted by Crippen LogP contribution is 2.18. The molecule has 1 fully saturated rings. The normalized spacial score (nSPS) is 19.3. The van der Waals surface area contributed by atoms with Crippen molar-refractivity contribution >= 4 is 32.7 Å². The second kappa shape index (κ2) is 5.19. The van der Waals surface area contributed by atoms with Gasteiger partial charge in [-0.2, -0.15) is 0 Å². The SMILES string of the molecule is NC(=S)c1cc(NC2CCS(=O)(=O)CC2)ccn1. The summed E-state index contributed by atoms with van der Waals surface area (Å²) in [7, 11) is -2.82. The molecule has 1 aliphatic heterocycles. The zero-order chi connectivity index (χ0) is 13.2. The summed E-state index contributed by atoms with van der Waals surface area (Å²) in [6, 6.07) is 3.78. The van der Waals surface area contributed by atoms with Gasteiger partial charge in [0, 0.05) is 17.9 Å². The first-order valence-electron chi connectivity index (χ1n) is 5.69. The van der Waals surface area contributed by atoms with E-state index in [4.69, 9.17) is 18.0 Å². The molecular weight excluding hydrogens is 270 g/mol. The van der Waals surface area contributed by atoms with E-state index in [1.165, 1.54) is 0 Å². The van der Waals surface area contributed by atoms with Gasteiger partial charge in [-0.15, -0.1) is 0 Å². The van der Waals surface area contributed by atoms with E-state index in [1.54, 1.807) is 12.3 Å². The van der Waals surface area contributed by atoms with Gasteiger partial charge in [0.05, 0.1) is 17.2 Å². The van der Waals surface area contributed by atoms with Crippen LogP contribution in [0.15, 0.2) is 18.3 Å². The summed E-state index contributed by atoms with van der Waals surface area (Å²) < 4.78 is 22.6. The molecule has 0 bridgehead atoms. The topological polar surface area (TPSA) is 85.1 Å².